The Morgan fingerprint density at radius 3 is 2.41 bits per heavy atom. The second kappa shape index (κ2) is 5.29. The second-order valence-corrected chi connectivity index (χ2v) is 3.72. The molecule has 0 amide bonds. The highest BCUT2D eigenvalue weighted by molar-refractivity contribution is 5.96. The molecule has 0 unspecified atom stereocenters. The van der Waals surface area contributed by atoms with Crippen LogP contribution in [0, 0.1) is 5.82 Å². The van der Waals surface area contributed by atoms with Crippen LogP contribution in [-0.4, -0.2) is 5.78 Å². The number of unbranched alkanes of at least 4 members (excludes halogenated alkanes) is 1. The first-order chi connectivity index (χ1) is 7.86. The summed E-state index contributed by atoms with van der Waals surface area (Å²) in [5.74, 6) is -1.57. The van der Waals surface area contributed by atoms with Crippen LogP contribution in [0.3, 0.4) is 0 Å². The van der Waals surface area contributed by atoms with Gasteiger partial charge in [0.05, 0.1) is 11.1 Å². The molecule has 0 N–H and O–H groups in total. The molecule has 5 heteroatoms. The first-order valence-electron chi connectivity index (χ1n) is 5.26. The van der Waals surface area contributed by atoms with Gasteiger partial charge in [0.15, 0.2) is 5.78 Å². The molecule has 0 atom stereocenters. The number of alkyl halides is 3. The number of hydrogen-bond acceptors (Lipinski definition) is 1. The van der Waals surface area contributed by atoms with E-state index in [1.165, 1.54) is 0 Å². The van der Waals surface area contributed by atoms with Crippen molar-refractivity contribution in [1.82, 2.24) is 0 Å². The van der Waals surface area contributed by atoms with Gasteiger partial charge in [-0.05, 0) is 24.6 Å². The van der Waals surface area contributed by atoms with Gasteiger partial charge in [-0.25, -0.2) is 4.39 Å². The Hall–Kier alpha value is -1.39. The van der Waals surface area contributed by atoms with Crippen LogP contribution in [0.25, 0.3) is 0 Å². The molecule has 0 aliphatic heterocycles. The Kier molecular flexibility index (Phi) is 4.26. The molecule has 0 fully saturated rings. The van der Waals surface area contributed by atoms with E-state index in [0.717, 1.165) is 18.6 Å². The highest BCUT2D eigenvalue weighted by Crippen LogP contribution is 2.30. The molecule has 0 heterocycles. The SMILES string of the molecule is CCCCC(=O)c1ccc(C(F)(F)F)cc1F. The standard InChI is InChI=1S/C12H12F4O/c1-2-3-4-11(17)9-6-5-8(7-10(9)13)12(14,15)16/h5-7H,2-4H2,1H3. The van der Waals surface area contributed by atoms with Crippen molar-refractivity contribution < 1.29 is 22.4 Å². The molecule has 0 aliphatic carbocycles. The third-order valence-corrected chi connectivity index (χ3v) is 2.35. The van der Waals surface area contributed by atoms with Crippen LogP contribution in [0.1, 0.15) is 42.1 Å². The van der Waals surface area contributed by atoms with Gasteiger partial charge >= 0.3 is 6.18 Å². The van der Waals surface area contributed by atoms with Gasteiger partial charge in [-0.3, -0.25) is 4.79 Å². The Balaban J connectivity index is 2.94. The van der Waals surface area contributed by atoms with Crippen molar-refractivity contribution >= 4 is 5.78 Å². The number of carbonyl (C=O) groups is 1. The maximum absolute atomic E-state index is 13.3. The van der Waals surface area contributed by atoms with Gasteiger partial charge in [-0.2, -0.15) is 13.2 Å². The molecule has 1 nitrogen and oxygen atoms in total. The van der Waals surface area contributed by atoms with Crippen molar-refractivity contribution in [3.05, 3.63) is 35.1 Å². The monoisotopic (exact) mass is 248 g/mol. The van der Waals surface area contributed by atoms with Gasteiger partial charge in [0, 0.05) is 6.42 Å². The number of rotatable bonds is 4. The van der Waals surface area contributed by atoms with Crippen molar-refractivity contribution in [2.24, 2.45) is 0 Å². The molecule has 0 radical (unpaired) electrons. The first kappa shape index (κ1) is 13.7. The van der Waals surface area contributed by atoms with Gasteiger partial charge in [-0.15, -0.1) is 0 Å². The fourth-order valence-corrected chi connectivity index (χ4v) is 1.39. The Morgan fingerprint density at radius 1 is 1.29 bits per heavy atom. The lowest BCUT2D eigenvalue weighted by Gasteiger charge is -2.08. The number of carbonyl (C=O) groups excluding carboxylic acids is 1. The molecule has 1 rings (SSSR count). The van der Waals surface area contributed by atoms with E-state index in [9.17, 15) is 22.4 Å². The predicted octanol–water partition coefficient (Wildman–Crippen LogP) is 4.22. The molecular weight excluding hydrogens is 236 g/mol. The normalized spacial score (nSPS) is 11.6. The van der Waals surface area contributed by atoms with Gasteiger partial charge < -0.3 is 0 Å². The Bertz CT molecular complexity index is 409. The van der Waals surface area contributed by atoms with E-state index in [0.29, 0.717) is 12.5 Å². The van der Waals surface area contributed by atoms with E-state index in [4.69, 9.17) is 0 Å². The fourth-order valence-electron chi connectivity index (χ4n) is 1.39. The molecule has 0 saturated carbocycles. The van der Waals surface area contributed by atoms with Crippen molar-refractivity contribution in [2.45, 2.75) is 32.4 Å². The molecule has 0 saturated heterocycles. The summed E-state index contributed by atoms with van der Waals surface area (Å²) in [4.78, 5) is 11.5. The molecule has 0 aromatic heterocycles. The van der Waals surface area contributed by atoms with E-state index in [-0.39, 0.29) is 12.0 Å². The zero-order valence-electron chi connectivity index (χ0n) is 9.27. The number of Topliss-reactive ketones (excluding diaryl/α,β-unsaturated/α-hetero) is 1. The summed E-state index contributed by atoms with van der Waals surface area (Å²) in [6.45, 7) is 1.87. The minimum atomic E-state index is -4.59. The van der Waals surface area contributed by atoms with Crippen molar-refractivity contribution in [2.75, 3.05) is 0 Å². The van der Waals surface area contributed by atoms with Crippen molar-refractivity contribution in [3.63, 3.8) is 0 Å². The van der Waals surface area contributed by atoms with Gasteiger partial charge in [0.2, 0.25) is 0 Å². The molecule has 0 aliphatic rings. The van der Waals surface area contributed by atoms with Crippen molar-refractivity contribution in [1.29, 1.82) is 0 Å². The van der Waals surface area contributed by atoms with Gasteiger partial charge in [0.25, 0.3) is 0 Å². The zero-order chi connectivity index (χ0) is 13.1. The lowest BCUT2D eigenvalue weighted by molar-refractivity contribution is -0.137. The van der Waals surface area contributed by atoms with Crippen LogP contribution in [0.2, 0.25) is 0 Å². The van der Waals surface area contributed by atoms with E-state index in [2.05, 4.69) is 0 Å². The summed E-state index contributed by atoms with van der Waals surface area (Å²) in [6, 6.07) is 1.98. The lowest BCUT2D eigenvalue weighted by atomic mass is 10.0. The summed E-state index contributed by atoms with van der Waals surface area (Å²) in [6.07, 6.45) is -3.07. The topological polar surface area (TPSA) is 17.1 Å². The number of halogens is 4. The fraction of sp³-hybridized carbons (Fsp3) is 0.417. The summed E-state index contributed by atoms with van der Waals surface area (Å²) in [5.41, 5.74) is -1.35. The lowest BCUT2D eigenvalue weighted by Crippen LogP contribution is -2.08. The molecule has 94 valence electrons. The van der Waals surface area contributed by atoms with Crippen molar-refractivity contribution in [3.8, 4) is 0 Å². The first-order valence-corrected chi connectivity index (χ1v) is 5.26. The maximum atomic E-state index is 13.3. The maximum Gasteiger partial charge on any atom is 0.416 e. The minimum absolute atomic E-state index is 0.152. The molecule has 1 aromatic carbocycles. The van der Waals surface area contributed by atoms with Crippen LogP contribution in [0.15, 0.2) is 18.2 Å². The zero-order valence-corrected chi connectivity index (χ0v) is 9.27. The Labute approximate surface area is 96.4 Å². The van der Waals surface area contributed by atoms with Gasteiger partial charge in [0.1, 0.15) is 5.82 Å². The van der Waals surface area contributed by atoms with Crippen LogP contribution in [0.4, 0.5) is 17.6 Å². The molecule has 17 heavy (non-hydrogen) atoms. The van der Waals surface area contributed by atoms with Gasteiger partial charge in [-0.1, -0.05) is 13.3 Å². The largest absolute Gasteiger partial charge is 0.416 e. The highest BCUT2D eigenvalue weighted by atomic mass is 19.4. The molecule has 1 aromatic rings. The van der Waals surface area contributed by atoms with E-state index >= 15 is 0 Å². The van der Waals surface area contributed by atoms with Crippen LogP contribution < -0.4 is 0 Å². The highest BCUT2D eigenvalue weighted by Gasteiger charge is 2.31. The minimum Gasteiger partial charge on any atom is -0.294 e. The number of hydrogen-bond donors (Lipinski definition) is 0. The van der Waals surface area contributed by atoms with E-state index in [1.54, 1.807) is 0 Å². The smallest absolute Gasteiger partial charge is 0.294 e. The predicted molar refractivity (Wildman–Crippen MR) is 55.3 cm³/mol. The number of benzene rings is 1. The average molecular weight is 248 g/mol. The van der Waals surface area contributed by atoms with E-state index in [1.807, 2.05) is 6.92 Å². The second-order valence-electron chi connectivity index (χ2n) is 3.72. The summed E-state index contributed by atoms with van der Waals surface area (Å²) in [5, 5.41) is 0. The Morgan fingerprint density at radius 2 is 1.94 bits per heavy atom. The van der Waals surface area contributed by atoms with Crippen LogP contribution in [-0.2, 0) is 6.18 Å². The summed E-state index contributed by atoms with van der Waals surface area (Å²) in [7, 11) is 0. The van der Waals surface area contributed by atoms with Crippen LogP contribution >= 0.6 is 0 Å². The third-order valence-electron chi connectivity index (χ3n) is 2.35. The molecular formula is C12H12F4O. The quantitative estimate of drug-likeness (QED) is 0.576. The summed E-state index contributed by atoms with van der Waals surface area (Å²) >= 11 is 0. The third kappa shape index (κ3) is 3.54. The number of ketones is 1. The van der Waals surface area contributed by atoms with Crippen LogP contribution in [0.5, 0.6) is 0 Å². The average Bonchev–Trinajstić information content (AvgIpc) is 2.24. The van der Waals surface area contributed by atoms with E-state index < -0.39 is 23.3 Å². The molecule has 0 spiro atoms. The molecule has 0 bridgehead atoms. The summed E-state index contributed by atoms with van der Waals surface area (Å²) < 4.78 is 50.1.